The van der Waals surface area contributed by atoms with E-state index in [0.717, 1.165) is 25.7 Å². The van der Waals surface area contributed by atoms with Gasteiger partial charge in [0.25, 0.3) is 5.91 Å². The molecule has 2 aliphatic rings. The van der Waals surface area contributed by atoms with Crippen LogP contribution in [-0.2, 0) is 19.4 Å². The molecule has 7 nitrogen and oxygen atoms in total. The lowest BCUT2D eigenvalue weighted by Crippen LogP contribution is -2.48. The minimum atomic E-state index is -3.09. The van der Waals surface area contributed by atoms with E-state index < -0.39 is 15.8 Å². The molecule has 1 aliphatic heterocycles. The number of nitrogens with zero attached hydrogens (tertiary/aromatic N) is 1. The van der Waals surface area contributed by atoms with Gasteiger partial charge in [-0.25, -0.2) is 13.2 Å². The number of hydrogen-bond donors (Lipinski definition) is 0. The third-order valence-electron chi connectivity index (χ3n) is 5.25. The molecular weight excluding hydrogens is 370 g/mol. The molecule has 1 amide bonds. The molecule has 1 atom stereocenters. The highest BCUT2D eigenvalue weighted by molar-refractivity contribution is 7.91. The van der Waals surface area contributed by atoms with E-state index in [2.05, 4.69) is 0 Å². The van der Waals surface area contributed by atoms with Crippen LogP contribution in [0.1, 0.15) is 42.5 Å². The summed E-state index contributed by atoms with van der Waals surface area (Å²) >= 11 is 0. The van der Waals surface area contributed by atoms with Gasteiger partial charge in [-0.05, 0) is 31.4 Å². The van der Waals surface area contributed by atoms with Crippen molar-refractivity contribution in [2.75, 3.05) is 25.2 Å². The van der Waals surface area contributed by atoms with Crippen molar-refractivity contribution in [1.82, 2.24) is 4.90 Å². The third-order valence-corrected chi connectivity index (χ3v) is 7.00. The number of methoxy groups -OCH3 is 1. The summed E-state index contributed by atoms with van der Waals surface area (Å²) < 4.78 is 34.2. The van der Waals surface area contributed by atoms with E-state index in [1.54, 1.807) is 29.2 Å². The molecule has 0 unspecified atom stereocenters. The zero-order valence-corrected chi connectivity index (χ0v) is 16.2. The van der Waals surface area contributed by atoms with Crippen molar-refractivity contribution in [2.24, 2.45) is 0 Å². The maximum absolute atomic E-state index is 12.9. The zero-order chi connectivity index (χ0) is 19.4. The predicted molar refractivity (Wildman–Crippen MR) is 99.4 cm³/mol. The number of sulfone groups is 1. The average molecular weight is 395 g/mol. The van der Waals surface area contributed by atoms with E-state index in [4.69, 9.17) is 9.47 Å². The van der Waals surface area contributed by atoms with Crippen molar-refractivity contribution in [3.8, 4) is 5.75 Å². The lowest BCUT2D eigenvalue weighted by Gasteiger charge is -2.34. The van der Waals surface area contributed by atoms with Crippen LogP contribution in [0.3, 0.4) is 0 Å². The molecule has 1 aromatic rings. The first-order valence-electron chi connectivity index (χ1n) is 9.23. The Morgan fingerprint density at radius 2 is 1.81 bits per heavy atom. The molecule has 0 bridgehead atoms. The molecule has 3 rings (SSSR count). The summed E-state index contributed by atoms with van der Waals surface area (Å²) in [5, 5.41) is 0. The first kappa shape index (κ1) is 19.7. The molecule has 1 aliphatic carbocycles. The second-order valence-electron chi connectivity index (χ2n) is 7.07. The topological polar surface area (TPSA) is 90.0 Å². The first-order chi connectivity index (χ1) is 12.9. The number of carbonyl (C=O) groups is 2. The number of hydrogen-bond acceptors (Lipinski definition) is 6. The van der Waals surface area contributed by atoms with Crippen molar-refractivity contribution in [2.45, 2.75) is 44.2 Å². The minimum absolute atomic E-state index is 0.0218. The molecule has 1 heterocycles. The molecule has 27 heavy (non-hydrogen) atoms. The van der Waals surface area contributed by atoms with Gasteiger partial charge in [0.15, 0.2) is 16.4 Å². The Morgan fingerprint density at radius 1 is 1.11 bits per heavy atom. The normalized spacial score (nSPS) is 21.7. The number of amides is 1. The summed E-state index contributed by atoms with van der Waals surface area (Å²) in [6.45, 7) is -0.235. The summed E-state index contributed by atoms with van der Waals surface area (Å²) in [4.78, 5) is 26.5. The van der Waals surface area contributed by atoms with Crippen LogP contribution in [0.15, 0.2) is 24.3 Å². The summed E-state index contributed by atoms with van der Waals surface area (Å²) in [6, 6.07) is 6.36. The molecule has 0 radical (unpaired) electrons. The van der Waals surface area contributed by atoms with Crippen LogP contribution < -0.4 is 4.74 Å². The van der Waals surface area contributed by atoms with Crippen molar-refractivity contribution < 1.29 is 27.5 Å². The molecule has 0 spiro atoms. The molecule has 1 saturated carbocycles. The molecular formula is C19H25NO6S. The third kappa shape index (κ3) is 4.61. The maximum atomic E-state index is 12.9. The molecule has 2 fully saturated rings. The predicted octanol–water partition coefficient (Wildman–Crippen LogP) is 1.81. The lowest BCUT2D eigenvalue weighted by molar-refractivity contribution is -0.137. The Kier molecular flexibility index (Phi) is 6.04. The van der Waals surface area contributed by atoms with Gasteiger partial charge in [0, 0.05) is 12.1 Å². The molecule has 148 valence electrons. The van der Waals surface area contributed by atoms with Crippen molar-refractivity contribution in [1.29, 1.82) is 0 Å². The van der Waals surface area contributed by atoms with E-state index >= 15 is 0 Å². The van der Waals surface area contributed by atoms with E-state index in [1.165, 1.54) is 7.11 Å². The highest BCUT2D eigenvalue weighted by Crippen LogP contribution is 2.29. The van der Waals surface area contributed by atoms with E-state index in [0.29, 0.717) is 6.42 Å². The number of carbonyl (C=O) groups excluding carboxylic acids is 2. The molecule has 1 aromatic carbocycles. The SMILES string of the molecule is COC(=O)c1ccccc1OCC(=O)N(C1CCCC1)[C@H]1CCS(=O)(=O)C1. The Morgan fingerprint density at radius 3 is 2.44 bits per heavy atom. The maximum Gasteiger partial charge on any atom is 0.341 e. The summed E-state index contributed by atoms with van der Waals surface area (Å²) in [5.74, 6) is -0.340. The summed E-state index contributed by atoms with van der Waals surface area (Å²) in [7, 11) is -1.80. The Bertz CT molecular complexity index is 800. The van der Waals surface area contributed by atoms with Gasteiger partial charge in [-0.1, -0.05) is 25.0 Å². The van der Waals surface area contributed by atoms with Crippen LogP contribution in [0, 0.1) is 0 Å². The Hall–Kier alpha value is -2.09. The highest BCUT2D eigenvalue weighted by atomic mass is 32.2. The number of ether oxygens (including phenoxy) is 2. The van der Waals surface area contributed by atoms with Gasteiger partial charge in [-0.2, -0.15) is 0 Å². The van der Waals surface area contributed by atoms with E-state index in [-0.39, 0.29) is 47.4 Å². The number of esters is 1. The first-order valence-corrected chi connectivity index (χ1v) is 11.0. The zero-order valence-electron chi connectivity index (χ0n) is 15.4. The highest BCUT2D eigenvalue weighted by Gasteiger charge is 2.39. The number of rotatable bonds is 6. The summed E-state index contributed by atoms with van der Waals surface area (Å²) in [5.41, 5.74) is 0.253. The second-order valence-corrected chi connectivity index (χ2v) is 9.30. The molecule has 1 saturated heterocycles. The van der Waals surface area contributed by atoms with Crippen molar-refractivity contribution in [3.05, 3.63) is 29.8 Å². The number of benzene rings is 1. The smallest absolute Gasteiger partial charge is 0.341 e. The fourth-order valence-corrected chi connectivity index (χ4v) is 5.68. The minimum Gasteiger partial charge on any atom is -0.483 e. The average Bonchev–Trinajstić information content (AvgIpc) is 3.30. The van der Waals surface area contributed by atoms with Crippen LogP contribution in [0.4, 0.5) is 0 Å². The van der Waals surface area contributed by atoms with Gasteiger partial charge in [0.2, 0.25) is 0 Å². The molecule has 0 aromatic heterocycles. The van der Waals surface area contributed by atoms with Crippen LogP contribution in [0.5, 0.6) is 5.75 Å². The van der Waals surface area contributed by atoms with Gasteiger partial charge < -0.3 is 14.4 Å². The Labute approximate surface area is 159 Å². The van der Waals surface area contributed by atoms with Gasteiger partial charge in [-0.15, -0.1) is 0 Å². The monoisotopic (exact) mass is 395 g/mol. The lowest BCUT2D eigenvalue weighted by atomic mass is 10.1. The standard InChI is InChI=1S/C19H25NO6S/c1-25-19(22)16-8-4-5-9-17(16)26-12-18(21)20(14-6-2-3-7-14)15-10-11-27(23,24)13-15/h4-5,8-9,14-15H,2-3,6-7,10-13H2,1H3/t15-/m0/s1. The quantitative estimate of drug-likeness (QED) is 0.683. The fourth-order valence-electron chi connectivity index (χ4n) is 3.97. The van der Waals surface area contributed by atoms with Gasteiger partial charge in [0.05, 0.1) is 18.6 Å². The van der Waals surface area contributed by atoms with Crippen molar-refractivity contribution in [3.63, 3.8) is 0 Å². The Balaban J connectivity index is 1.73. The fraction of sp³-hybridized carbons (Fsp3) is 0.579. The van der Waals surface area contributed by atoms with Gasteiger partial charge >= 0.3 is 5.97 Å². The van der Waals surface area contributed by atoms with Crippen LogP contribution >= 0.6 is 0 Å². The largest absolute Gasteiger partial charge is 0.483 e. The van der Waals surface area contributed by atoms with Gasteiger partial charge in [-0.3, -0.25) is 4.79 Å². The molecule has 0 N–H and O–H groups in total. The van der Waals surface area contributed by atoms with Crippen LogP contribution in [0.2, 0.25) is 0 Å². The van der Waals surface area contributed by atoms with Crippen LogP contribution in [-0.4, -0.2) is 62.5 Å². The van der Waals surface area contributed by atoms with Crippen LogP contribution in [0.25, 0.3) is 0 Å². The van der Waals surface area contributed by atoms with Crippen molar-refractivity contribution >= 4 is 21.7 Å². The second kappa shape index (κ2) is 8.29. The van der Waals surface area contributed by atoms with E-state index in [9.17, 15) is 18.0 Å². The van der Waals surface area contributed by atoms with E-state index in [1.807, 2.05) is 0 Å². The molecule has 8 heteroatoms. The van der Waals surface area contributed by atoms with Gasteiger partial charge in [0.1, 0.15) is 11.3 Å². The summed E-state index contributed by atoms with van der Waals surface area (Å²) in [6.07, 6.45) is 4.34. The number of para-hydroxylation sites is 1.